The number of nitrogens with one attached hydrogen (secondary N) is 2. The molecule has 0 bridgehead atoms. The van der Waals surface area contributed by atoms with Crippen molar-refractivity contribution in [2.75, 3.05) is 10.6 Å². The standard InChI is InChI=1S/C27H26N2O4/c1-27(33)17-21(30)23(25(31)28-19-13-7-3-8-14-19)22(18-11-5-2-6-12-18)24(27)26(32)29-20-15-9-4-10-16-20/h2-16,22-24,33H,17H2,1H3,(H,28,31)(H,29,32)/t22-,23+,24+,27-/m0/s1. The molecule has 1 fully saturated rings. The minimum Gasteiger partial charge on any atom is -0.389 e. The predicted molar refractivity (Wildman–Crippen MR) is 127 cm³/mol. The maximum absolute atomic E-state index is 13.5. The summed E-state index contributed by atoms with van der Waals surface area (Å²) in [5, 5.41) is 16.9. The van der Waals surface area contributed by atoms with Gasteiger partial charge >= 0.3 is 0 Å². The number of Topliss-reactive ketones (excluding diaryl/α,β-unsaturated/α-hetero) is 1. The smallest absolute Gasteiger partial charge is 0.235 e. The highest BCUT2D eigenvalue weighted by molar-refractivity contribution is 6.10. The van der Waals surface area contributed by atoms with Crippen LogP contribution in [0.15, 0.2) is 91.0 Å². The van der Waals surface area contributed by atoms with Crippen LogP contribution >= 0.6 is 0 Å². The molecule has 4 atom stereocenters. The average molecular weight is 443 g/mol. The fourth-order valence-electron chi connectivity index (χ4n) is 4.65. The van der Waals surface area contributed by atoms with Gasteiger partial charge in [-0.25, -0.2) is 0 Å². The van der Waals surface area contributed by atoms with Gasteiger partial charge in [0.05, 0.1) is 11.5 Å². The number of hydrogen-bond acceptors (Lipinski definition) is 4. The minimum atomic E-state index is -1.63. The van der Waals surface area contributed by atoms with Crippen LogP contribution < -0.4 is 10.6 Å². The largest absolute Gasteiger partial charge is 0.389 e. The summed E-state index contributed by atoms with van der Waals surface area (Å²) in [6.45, 7) is 1.49. The fourth-order valence-corrected chi connectivity index (χ4v) is 4.65. The molecule has 168 valence electrons. The number of hydrogen-bond donors (Lipinski definition) is 3. The monoisotopic (exact) mass is 442 g/mol. The van der Waals surface area contributed by atoms with Gasteiger partial charge in [-0.3, -0.25) is 14.4 Å². The van der Waals surface area contributed by atoms with Crippen LogP contribution in [0.2, 0.25) is 0 Å². The Kier molecular flexibility index (Phi) is 6.38. The molecule has 6 heteroatoms. The predicted octanol–water partition coefficient (Wildman–Crippen LogP) is 4.00. The van der Waals surface area contributed by atoms with Crippen molar-refractivity contribution in [3.05, 3.63) is 96.6 Å². The summed E-state index contributed by atoms with van der Waals surface area (Å²) in [6.07, 6.45) is -0.296. The van der Waals surface area contributed by atoms with Gasteiger partial charge in [-0.2, -0.15) is 0 Å². The first-order valence-corrected chi connectivity index (χ1v) is 10.9. The van der Waals surface area contributed by atoms with Gasteiger partial charge in [-0.1, -0.05) is 66.7 Å². The van der Waals surface area contributed by atoms with Crippen molar-refractivity contribution in [1.82, 2.24) is 0 Å². The van der Waals surface area contributed by atoms with Gasteiger partial charge in [0.25, 0.3) is 0 Å². The molecule has 1 aliphatic rings. The molecule has 33 heavy (non-hydrogen) atoms. The molecule has 0 radical (unpaired) electrons. The zero-order chi connectivity index (χ0) is 23.4. The molecule has 1 aliphatic carbocycles. The first-order valence-electron chi connectivity index (χ1n) is 10.9. The highest BCUT2D eigenvalue weighted by Gasteiger charge is 2.55. The van der Waals surface area contributed by atoms with Gasteiger partial charge in [0.1, 0.15) is 11.7 Å². The summed E-state index contributed by atoms with van der Waals surface area (Å²) in [5.41, 5.74) is 0.157. The van der Waals surface area contributed by atoms with Gasteiger partial charge in [0.2, 0.25) is 11.8 Å². The Labute approximate surface area is 192 Å². The van der Waals surface area contributed by atoms with E-state index in [0.717, 1.165) is 0 Å². The quantitative estimate of drug-likeness (QED) is 0.521. The van der Waals surface area contributed by atoms with Crippen LogP contribution in [0.4, 0.5) is 11.4 Å². The second kappa shape index (κ2) is 9.38. The van der Waals surface area contributed by atoms with E-state index in [9.17, 15) is 19.5 Å². The molecule has 0 saturated heterocycles. The lowest BCUT2D eigenvalue weighted by atomic mass is 9.61. The Hall–Kier alpha value is -3.77. The van der Waals surface area contributed by atoms with E-state index in [1.54, 1.807) is 72.8 Å². The Morgan fingerprint density at radius 1 is 0.788 bits per heavy atom. The third kappa shape index (κ3) is 4.86. The lowest BCUT2D eigenvalue weighted by molar-refractivity contribution is -0.150. The summed E-state index contributed by atoms with van der Waals surface area (Å²) in [5.74, 6) is -4.32. The lowest BCUT2D eigenvalue weighted by Gasteiger charge is -2.44. The number of rotatable bonds is 5. The van der Waals surface area contributed by atoms with Crippen molar-refractivity contribution >= 4 is 29.0 Å². The highest BCUT2D eigenvalue weighted by Crippen LogP contribution is 2.46. The van der Waals surface area contributed by atoms with Crippen molar-refractivity contribution in [2.24, 2.45) is 11.8 Å². The maximum atomic E-state index is 13.5. The topological polar surface area (TPSA) is 95.5 Å². The number of anilines is 2. The molecule has 4 rings (SSSR count). The van der Waals surface area contributed by atoms with Crippen LogP contribution in [0.25, 0.3) is 0 Å². The Balaban J connectivity index is 1.74. The second-order valence-electron chi connectivity index (χ2n) is 8.60. The molecule has 1 saturated carbocycles. The summed E-state index contributed by atoms with van der Waals surface area (Å²) < 4.78 is 0. The Morgan fingerprint density at radius 2 is 1.24 bits per heavy atom. The van der Waals surface area contributed by atoms with E-state index >= 15 is 0 Å². The molecule has 0 heterocycles. The van der Waals surface area contributed by atoms with Crippen molar-refractivity contribution in [1.29, 1.82) is 0 Å². The van der Waals surface area contributed by atoms with Gasteiger partial charge in [0, 0.05) is 23.7 Å². The number of amides is 2. The number of benzene rings is 3. The Bertz CT molecular complexity index is 1130. The van der Waals surface area contributed by atoms with E-state index in [0.29, 0.717) is 16.9 Å². The molecular formula is C27H26N2O4. The SMILES string of the molecule is C[C@]1(O)CC(=O)[C@@H](C(=O)Nc2ccccc2)[C@H](c2ccccc2)[C@@H]1C(=O)Nc1ccccc1. The number of para-hydroxylation sites is 2. The van der Waals surface area contributed by atoms with E-state index in [1.807, 2.05) is 18.2 Å². The molecule has 6 nitrogen and oxygen atoms in total. The highest BCUT2D eigenvalue weighted by atomic mass is 16.3. The minimum absolute atomic E-state index is 0.296. The van der Waals surface area contributed by atoms with Crippen LogP contribution in [0, 0.1) is 11.8 Å². The first kappa shape index (κ1) is 22.4. The van der Waals surface area contributed by atoms with Gasteiger partial charge in [-0.05, 0) is 36.8 Å². The lowest BCUT2D eigenvalue weighted by Crippen LogP contribution is -2.56. The summed E-state index contributed by atoms with van der Waals surface area (Å²) >= 11 is 0. The summed E-state index contributed by atoms with van der Waals surface area (Å²) in [7, 11) is 0. The van der Waals surface area contributed by atoms with Crippen LogP contribution in [0.5, 0.6) is 0 Å². The average Bonchev–Trinajstić information content (AvgIpc) is 2.79. The van der Waals surface area contributed by atoms with Crippen molar-refractivity contribution in [3.8, 4) is 0 Å². The Morgan fingerprint density at radius 3 is 1.76 bits per heavy atom. The van der Waals surface area contributed by atoms with Crippen molar-refractivity contribution in [3.63, 3.8) is 0 Å². The molecule has 0 unspecified atom stereocenters. The van der Waals surface area contributed by atoms with E-state index in [1.165, 1.54) is 6.92 Å². The van der Waals surface area contributed by atoms with E-state index in [4.69, 9.17) is 0 Å². The number of carbonyl (C=O) groups is 3. The molecule has 0 spiro atoms. The summed E-state index contributed by atoms with van der Waals surface area (Å²) in [4.78, 5) is 40.0. The molecule has 3 aromatic rings. The summed E-state index contributed by atoms with van der Waals surface area (Å²) in [6, 6.07) is 26.8. The zero-order valence-corrected chi connectivity index (χ0v) is 18.3. The van der Waals surface area contributed by atoms with Crippen molar-refractivity contribution in [2.45, 2.75) is 24.9 Å². The van der Waals surface area contributed by atoms with Crippen molar-refractivity contribution < 1.29 is 19.5 Å². The van der Waals surface area contributed by atoms with Crippen LogP contribution in [0.3, 0.4) is 0 Å². The van der Waals surface area contributed by atoms with Gasteiger partial charge < -0.3 is 15.7 Å². The number of carbonyl (C=O) groups excluding carboxylic acids is 3. The normalized spacial score (nSPS) is 24.7. The van der Waals surface area contributed by atoms with Crippen LogP contribution in [0.1, 0.15) is 24.8 Å². The van der Waals surface area contributed by atoms with E-state index < -0.39 is 41.0 Å². The van der Waals surface area contributed by atoms with Gasteiger partial charge in [-0.15, -0.1) is 0 Å². The third-order valence-electron chi connectivity index (χ3n) is 6.10. The molecular weight excluding hydrogens is 416 g/mol. The van der Waals surface area contributed by atoms with E-state index in [-0.39, 0.29) is 6.42 Å². The second-order valence-corrected chi connectivity index (χ2v) is 8.60. The van der Waals surface area contributed by atoms with E-state index in [2.05, 4.69) is 10.6 Å². The molecule has 0 aliphatic heterocycles. The first-order chi connectivity index (χ1) is 15.9. The fraction of sp³-hybridized carbons (Fsp3) is 0.222. The van der Waals surface area contributed by atoms with Crippen LogP contribution in [-0.4, -0.2) is 28.3 Å². The molecule has 2 amide bonds. The maximum Gasteiger partial charge on any atom is 0.235 e. The molecule has 3 aromatic carbocycles. The van der Waals surface area contributed by atoms with Gasteiger partial charge in [0.15, 0.2) is 0 Å². The third-order valence-corrected chi connectivity index (χ3v) is 6.10. The molecule has 3 N–H and O–H groups in total. The number of ketones is 1. The number of aliphatic hydroxyl groups is 1. The molecule has 0 aromatic heterocycles. The zero-order valence-electron chi connectivity index (χ0n) is 18.3. The van der Waals surface area contributed by atoms with Crippen LogP contribution in [-0.2, 0) is 14.4 Å².